The molecule has 7 rings (SSSR count). The number of aromatic nitrogens is 6. The molecule has 0 unspecified atom stereocenters. The number of pyridine rings is 1. The topological polar surface area (TPSA) is 155 Å². The Bertz CT molecular complexity index is 1850. The van der Waals surface area contributed by atoms with Gasteiger partial charge in [-0.3, -0.25) is 29.4 Å². The highest BCUT2D eigenvalue weighted by atomic mass is 19.3. The van der Waals surface area contributed by atoms with Gasteiger partial charge < -0.3 is 15.0 Å². The van der Waals surface area contributed by atoms with Gasteiger partial charge in [-0.25, -0.2) is 28.1 Å². The second-order valence-electron chi connectivity index (χ2n) is 11.8. The van der Waals surface area contributed by atoms with Crippen LogP contribution in [0.3, 0.4) is 0 Å². The van der Waals surface area contributed by atoms with Gasteiger partial charge in [0.25, 0.3) is 12.3 Å². The van der Waals surface area contributed by atoms with Crippen LogP contribution in [0.25, 0.3) is 5.65 Å². The van der Waals surface area contributed by atoms with Crippen LogP contribution in [-0.4, -0.2) is 98.0 Å². The first-order valence-electron chi connectivity index (χ1n) is 15.6. The molecule has 252 valence electrons. The molecule has 0 saturated carbocycles. The summed E-state index contributed by atoms with van der Waals surface area (Å²) in [6.45, 7) is 3.84. The number of carbonyl (C=O) groups excluding carboxylic acids is 3. The fourth-order valence-electron chi connectivity index (χ4n) is 6.16. The van der Waals surface area contributed by atoms with Gasteiger partial charge in [0, 0.05) is 63.6 Å². The molecule has 4 amide bonds. The summed E-state index contributed by atoms with van der Waals surface area (Å²) in [6.07, 6.45) is 3.97. The van der Waals surface area contributed by atoms with Crippen LogP contribution in [0.1, 0.15) is 53.3 Å². The van der Waals surface area contributed by atoms with E-state index >= 15 is 0 Å². The summed E-state index contributed by atoms with van der Waals surface area (Å²) in [5.74, 6) is -1.02. The minimum atomic E-state index is -2.93. The lowest BCUT2D eigenvalue weighted by atomic mass is 10.0. The second kappa shape index (κ2) is 13.2. The zero-order valence-electron chi connectivity index (χ0n) is 25.7. The number of nitrogens with zero attached hydrogens (tertiary/aromatic N) is 9. The number of imide groups is 1. The minimum absolute atomic E-state index is 0.102. The second-order valence-corrected chi connectivity index (χ2v) is 11.8. The molecule has 4 aromatic rings. The van der Waals surface area contributed by atoms with Gasteiger partial charge in [0.2, 0.25) is 11.9 Å². The molecule has 4 aromatic heterocycles. The van der Waals surface area contributed by atoms with Crippen molar-refractivity contribution in [3.8, 4) is 0 Å². The Morgan fingerprint density at radius 2 is 1.90 bits per heavy atom. The third-order valence-corrected chi connectivity index (χ3v) is 8.74. The van der Waals surface area contributed by atoms with Crippen LogP contribution in [-0.2, 0) is 16.1 Å². The summed E-state index contributed by atoms with van der Waals surface area (Å²) in [4.78, 5) is 50.9. The van der Waals surface area contributed by atoms with Crippen LogP contribution in [0.2, 0.25) is 0 Å². The molecule has 18 heteroatoms. The first-order chi connectivity index (χ1) is 23.2. The van der Waals surface area contributed by atoms with Crippen LogP contribution < -0.4 is 20.4 Å². The molecule has 0 spiro atoms. The fraction of sp³-hybridized carbons (Fsp3) is 0.433. The standard InChI is InChI=1S/C30H32F3N11O4/c31-26(32)25-22(36-29(46)21-15-35-43-8-3-23(37-28(21)43)41-9-11-48-12-10-41)17-44(39-25)19-1-5-40(6-2-19)16-18-13-20(14-34-27(18)33)42-7-4-24(45)38-30(42)47/h3,8,13-15,17,19,26H,1-2,4-7,9-12,16H2,(H,36,46)(H,38,45,47). The normalized spacial score (nSPS) is 18.2. The quantitative estimate of drug-likeness (QED) is 0.268. The van der Waals surface area contributed by atoms with E-state index in [1.165, 1.54) is 32.7 Å². The first kappa shape index (κ1) is 31.5. The van der Waals surface area contributed by atoms with Gasteiger partial charge in [-0.1, -0.05) is 0 Å². The Hall–Kier alpha value is -5.10. The number of nitrogens with one attached hydrogen (secondary N) is 2. The summed E-state index contributed by atoms with van der Waals surface area (Å²) >= 11 is 0. The van der Waals surface area contributed by atoms with E-state index in [0.29, 0.717) is 75.0 Å². The van der Waals surface area contributed by atoms with Crippen molar-refractivity contribution in [1.82, 2.24) is 39.6 Å². The molecule has 0 aromatic carbocycles. The molecule has 2 N–H and O–H groups in total. The molecule has 0 radical (unpaired) electrons. The lowest BCUT2D eigenvalue weighted by molar-refractivity contribution is -0.120. The number of likely N-dealkylation sites (tertiary alicyclic amines) is 1. The Labute approximate surface area is 271 Å². The number of hydrogen-bond acceptors (Lipinski definition) is 10. The predicted molar refractivity (Wildman–Crippen MR) is 164 cm³/mol. The molecule has 3 aliphatic rings. The molecule has 3 fully saturated rings. The number of rotatable bonds is 8. The number of morpholine rings is 1. The van der Waals surface area contributed by atoms with Crippen molar-refractivity contribution in [2.45, 2.75) is 38.3 Å². The van der Waals surface area contributed by atoms with E-state index in [1.807, 2.05) is 9.80 Å². The van der Waals surface area contributed by atoms with Crippen molar-refractivity contribution < 1.29 is 32.3 Å². The number of carbonyl (C=O) groups is 3. The number of urea groups is 1. The number of hydrogen-bond donors (Lipinski definition) is 2. The van der Waals surface area contributed by atoms with Crippen molar-refractivity contribution >= 4 is 40.7 Å². The van der Waals surface area contributed by atoms with Crippen molar-refractivity contribution in [2.24, 2.45) is 0 Å². The summed E-state index contributed by atoms with van der Waals surface area (Å²) in [6, 6.07) is 2.52. The Kier molecular flexibility index (Phi) is 8.65. The average Bonchev–Trinajstić information content (AvgIpc) is 3.71. The number of ether oxygens (including phenoxy) is 1. The SMILES string of the molecule is O=C1CCN(c2cnc(F)c(CN3CCC(n4cc(NC(=O)c5cnn6ccc(N7CCOCC7)nc56)c(C(F)F)n4)CC3)c2)C(=O)N1. The van der Waals surface area contributed by atoms with Gasteiger partial charge >= 0.3 is 6.03 Å². The van der Waals surface area contributed by atoms with Crippen LogP contribution in [0.15, 0.2) is 36.9 Å². The number of fused-ring (bicyclic) bond motifs is 1. The highest BCUT2D eigenvalue weighted by Gasteiger charge is 2.29. The molecule has 7 heterocycles. The van der Waals surface area contributed by atoms with Gasteiger partial charge in [0.1, 0.15) is 11.4 Å². The van der Waals surface area contributed by atoms with E-state index in [9.17, 15) is 27.6 Å². The average molecular weight is 668 g/mol. The number of anilines is 3. The van der Waals surface area contributed by atoms with E-state index in [-0.39, 0.29) is 42.7 Å². The Balaban J connectivity index is 1.01. The van der Waals surface area contributed by atoms with Crippen molar-refractivity contribution in [1.29, 1.82) is 0 Å². The third-order valence-electron chi connectivity index (χ3n) is 8.74. The maximum absolute atomic E-state index is 14.7. The predicted octanol–water partition coefficient (Wildman–Crippen LogP) is 2.77. The highest BCUT2D eigenvalue weighted by molar-refractivity contribution is 6.08. The third kappa shape index (κ3) is 6.40. The number of amides is 4. The number of alkyl halides is 2. The molecule has 48 heavy (non-hydrogen) atoms. The van der Waals surface area contributed by atoms with Crippen LogP contribution in [0.4, 0.5) is 35.2 Å². The van der Waals surface area contributed by atoms with Gasteiger partial charge in [-0.2, -0.15) is 14.6 Å². The summed E-state index contributed by atoms with van der Waals surface area (Å²) in [7, 11) is 0. The van der Waals surface area contributed by atoms with E-state index in [2.05, 4.69) is 30.8 Å². The lowest BCUT2D eigenvalue weighted by Crippen LogP contribution is -2.49. The number of piperidine rings is 1. The smallest absolute Gasteiger partial charge is 0.328 e. The molecule has 3 aliphatic heterocycles. The maximum atomic E-state index is 14.7. The minimum Gasteiger partial charge on any atom is -0.378 e. The van der Waals surface area contributed by atoms with Crippen LogP contribution >= 0.6 is 0 Å². The summed E-state index contributed by atoms with van der Waals surface area (Å²) in [5.41, 5.74) is 0.452. The van der Waals surface area contributed by atoms with Crippen molar-refractivity contribution in [3.63, 3.8) is 0 Å². The first-order valence-corrected chi connectivity index (χ1v) is 15.6. The Morgan fingerprint density at radius 1 is 1.10 bits per heavy atom. The number of halogens is 3. The van der Waals surface area contributed by atoms with E-state index in [0.717, 1.165) is 0 Å². The van der Waals surface area contributed by atoms with Crippen molar-refractivity contribution in [2.75, 3.05) is 61.1 Å². The summed E-state index contributed by atoms with van der Waals surface area (Å²) < 4.78 is 51.2. The van der Waals surface area contributed by atoms with E-state index in [1.54, 1.807) is 18.3 Å². The van der Waals surface area contributed by atoms with Gasteiger partial charge in [-0.15, -0.1) is 0 Å². The molecule has 0 bridgehead atoms. The van der Waals surface area contributed by atoms with E-state index in [4.69, 9.17) is 4.74 Å². The molecular weight excluding hydrogens is 635 g/mol. The molecule has 15 nitrogen and oxygen atoms in total. The highest BCUT2D eigenvalue weighted by Crippen LogP contribution is 2.31. The van der Waals surface area contributed by atoms with E-state index < -0.39 is 30.0 Å². The monoisotopic (exact) mass is 667 g/mol. The molecule has 0 aliphatic carbocycles. The molecular formula is C30H32F3N11O4. The zero-order valence-corrected chi connectivity index (χ0v) is 25.7. The van der Waals surface area contributed by atoms with Crippen LogP contribution in [0, 0.1) is 5.95 Å². The maximum Gasteiger partial charge on any atom is 0.328 e. The van der Waals surface area contributed by atoms with Crippen LogP contribution in [0.5, 0.6) is 0 Å². The summed E-state index contributed by atoms with van der Waals surface area (Å²) in [5, 5.41) is 13.2. The van der Waals surface area contributed by atoms with Gasteiger partial charge in [0.15, 0.2) is 11.3 Å². The molecule has 0 atom stereocenters. The molecule has 3 saturated heterocycles. The van der Waals surface area contributed by atoms with Crippen molar-refractivity contribution in [3.05, 3.63) is 59.7 Å². The zero-order chi connectivity index (χ0) is 33.4. The van der Waals surface area contributed by atoms with Gasteiger partial charge in [0.05, 0.1) is 43.0 Å². The fourth-order valence-corrected chi connectivity index (χ4v) is 6.16. The van der Waals surface area contributed by atoms with Gasteiger partial charge in [-0.05, 0) is 25.0 Å². The largest absolute Gasteiger partial charge is 0.378 e. The Morgan fingerprint density at radius 3 is 2.65 bits per heavy atom. The lowest BCUT2D eigenvalue weighted by Gasteiger charge is -2.32.